The summed E-state index contributed by atoms with van der Waals surface area (Å²) in [5.41, 5.74) is -2.00. The van der Waals surface area contributed by atoms with Crippen molar-refractivity contribution in [2.24, 2.45) is 0 Å². The lowest BCUT2D eigenvalue weighted by atomic mass is 10.0. The van der Waals surface area contributed by atoms with Crippen LogP contribution in [0.1, 0.15) is 34.6 Å². The number of terminal acetylenes is 1. The van der Waals surface area contributed by atoms with Gasteiger partial charge in [0.1, 0.15) is 5.69 Å². The summed E-state index contributed by atoms with van der Waals surface area (Å²) in [6.45, 7) is 0. The number of nitrogens with zero attached hydrogens (tertiary/aromatic N) is 1. The van der Waals surface area contributed by atoms with Crippen LogP contribution < -0.4 is 0 Å². The van der Waals surface area contributed by atoms with Crippen molar-refractivity contribution in [2.75, 3.05) is 7.11 Å². The molecule has 1 heterocycles. The molecule has 19 heavy (non-hydrogen) atoms. The van der Waals surface area contributed by atoms with Gasteiger partial charge >= 0.3 is 12.1 Å². The average Bonchev–Trinajstić information content (AvgIpc) is 3.17. The lowest BCUT2D eigenvalue weighted by molar-refractivity contribution is -0.137. The first-order valence-electron chi connectivity index (χ1n) is 5.48. The lowest BCUT2D eigenvalue weighted by Gasteiger charge is -2.13. The number of aromatic nitrogens is 1. The maximum atomic E-state index is 12.8. The van der Waals surface area contributed by atoms with Crippen molar-refractivity contribution in [2.45, 2.75) is 24.4 Å². The standard InChI is InChI=1S/C13H10F3NO2/c1-3-12(4-5-12)10-7-8(13(14,15)16)6-9(17-10)11(18)19-2/h1,6-7H,4-5H2,2H3. The highest BCUT2D eigenvalue weighted by molar-refractivity contribution is 5.87. The molecule has 1 aliphatic rings. The molecule has 2 rings (SSSR count). The van der Waals surface area contributed by atoms with Crippen molar-refractivity contribution in [3.8, 4) is 12.3 Å². The predicted octanol–water partition coefficient (Wildman–Crippen LogP) is 2.55. The van der Waals surface area contributed by atoms with Gasteiger partial charge in [-0.25, -0.2) is 9.78 Å². The Balaban J connectivity index is 2.57. The van der Waals surface area contributed by atoms with Gasteiger partial charge in [-0.1, -0.05) is 5.92 Å². The highest BCUT2D eigenvalue weighted by atomic mass is 19.4. The van der Waals surface area contributed by atoms with Crippen LogP contribution in [-0.2, 0) is 16.3 Å². The van der Waals surface area contributed by atoms with Gasteiger partial charge in [-0.05, 0) is 25.0 Å². The number of pyridine rings is 1. The molecule has 0 aromatic carbocycles. The van der Waals surface area contributed by atoms with E-state index in [1.165, 1.54) is 0 Å². The Kier molecular flexibility index (Phi) is 3.01. The highest BCUT2D eigenvalue weighted by Gasteiger charge is 2.46. The fourth-order valence-corrected chi connectivity index (χ4v) is 1.75. The zero-order chi connectivity index (χ0) is 14.3. The monoisotopic (exact) mass is 269 g/mol. The van der Waals surface area contributed by atoms with Gasteiger partial charge in [0.25, 0.3) is 0 Å². The molecule has 6 heteroatoms. The number of alkyl halides is 3. The smallest absolute Gasteiger partial charge is 0.416 e. The SMILES string of the molecule is C#CC1(c2cc(C(F)(F)F)cc(C(=O)OC)n2)CC1. The largest absolute Gasteiger partial charge is 0.464 e. The van der Waals surface area contributed by atoms with Crippen LogP contribution in [0, 0.1) is 12.3 Å². The van der Waals surface area contributed by atoms with E-state index in [-0.39, 0.29) is 11.4 Å². The Morgan fingerprint density at radius 3 is 2.53 bits per heavy atom. The van der Waals surface area contributed by atoms with Gasteiger partial charge in [-0.15, -0.1) is 6.42 Å². The van der Waals surface area contributed by atoms with Gasteiger partial charge < -0.3 is 4.74 Å². The molecule has 0 bridgehead atoms. The molecule has 0 amide bonds. The Morgan fingerprint density at radius 1 is 1.47 bits per heavy atom. The number of ether oxygens (including phenoxy) is 1. The summed E-state index contributed by atoms with van der Waals surface area (Å²) in [6.07, 6.45) is 1.90. The second kappa shape index (κ2) is 4.26. The number of rotatable bonds is 2. The summed E-state index contributed by atoms with van der Waals surface area (Å²) >= 11 is 0. The normalized spacial score (nSPS) is 16.6. The Labute approximate surface area is 107 Å². The minimum absolute atomic E-state index is 0.102. The topological polar surface area (TPSA) is 39.2 Å². The first-order valence-corrected chi connectivity index (χ1v) is 5.48. The van der Waals surface area contributed by atoms with Crippen LogP contribution in [-0.4, -0.2) is 18.1 Å². The van der Waals surface area contributed by atoms with Crippen LogP contribution >= 0.6 is 0 Å². The highest BCUT2D eigenvalue weighted by Crippen LogP contribution is 2.47. The molecule has 100 valence electrons. The van der Waals surface area contributed by atoms with Crippen LogP contribution in [0.25, 0.3) is 0 Å². The van der Waals surface area contributed by atoms with Crippen molar-refractivity contribution < 1.29 is 22.7 Å². The van der Waals surface area contributed by atoms with E-state index < -0.39 is 23.1 Å². The molecular weight excluding hydrogens is 259 g/mol. The molecule has 0 spiro atoms. The minimum atomic E-state index is -4.56. The van der Waals surface area contributed by atoms with Crippen molar-refractivity contribution in [3.05, 3.63) is 29.1 Å². The molecule has 0 N–H and O–H groups in total. The van der Waals surface area contributed by atoms with E-state index >= 15 is 0 Å². The number of hydrogen-bond donors (Lipinski definition) is 0. The third kappa shape index (κ3) is 2.41. The van der Waals surface area contributed by atoms with Gasteiger partial charge in [0.05, 0.1) is 23.8 Å². The van der Waals surface area contributed by atoms with Gasteiger partial charge in [-0.2, -0.15) is 13.2 Å². The maximum Gasteiger partial charge on any atom is 0.416 e. The minimum Gasteiger partial charge on any atom is -0.464 e. The molecule has 0 radical (unpaired) electrons. The van der Waals surface area contributed by atoms with Crippen LogP contribution in [0.5, 0.6) is 0 Å². The Hall–Kier alpha value is -2.03. The summed E-state index contributed by atoms with van der Waals surface area (Å²) in [5.74, 6) is 1.53. The van der Waals surface area contributed by atoms with Gasteiger partial charge in [-0.3, -0.25) is 0 Å². The van der Waals surface area contributed by atoms with Crippen LogP contribution in [0.4, 0.5) is 13.2 Å². The zero-order valence-electron chi connectivity index (χ0n) is 10.0. The van der Waals surface area contributed by atoms with E-state index in [1.807, 2.05) is 0 Å². The summed E-state index contributed by atoms with van der Waals surface area (Å²) < 4.78 is 42.8. The fraction of sp³-hybridized carbons (Fsp3) is 0.385. The Bertz CT molecular complexity index is 568. The van der Waals surface area contributed by atoms with Crippen LogP contribution in [0.15, 0.2) is 12.1 Å². The van der Waals surface area contributed by atoms with Crippen molar-refractivity contribution in [3.63, 3.8) is 0 Å². The Morgan fingerprint density at radius 2 is 2.11 bits per heavy atom. The third-order valence-corrected chi connectivity index (χ3v) is 3.06. The second-order valence-electron chi connectivity index (χ2n) is 4.34. The molecule has 0 atom stereocenters. The van der Waals surface area contributed by atoms with Gasteiger partial charge in [0.2, 0.25) is 0 Å². The van der Waals surface area contributed by atoms with E-state index in [0.29, 0.717) is 18.9 Å². The summed E-state index contributed by atoms with van der Waals surface area (Å²) in [7, 11) is 1.08. The average molecular weight is 269 g/mol. The number of esters is 1. The van der Waals surface area contributed by atoms with E-state index in [0.717, 1.165) is 13.2 Å². The third-order valence-electron chi connectivity index (χ3n) is 3.06. The molecule has 0 saturated heterocycles. The molecule has 1 aromatic heterocycles. The van der Waals surface area contributed by atoms with Gasteiger partial charge in [0, 0.05) is 0 Å². The van der Waals surface area contributed by atoms with Crippen LogP contribution in [0.2, 0.25) is 0 Å². The van der Waals surface area contributed by atoms with Gasteiger partial charge in [0.15, 0.2) is 0 Å². The molecule has 1 fully saturated rings. The summed E-state index contributed by atoms with van der Waals surface area (Å²) in [6, 6.07) is 1.57. The zero-order valence-corrected chi connectivity index (χ0v) is 10.0. The van der Waals surface area contributed by atoms with E-state index in [4.69, 9.17) is 6.42 Å². The van der Waals surface area contributed by atoms with E-state index in [2.05, 4.69) is 15.6 Å². The first-order chi connectivity index (χ1) is 8.82. The predicted molar refractivity (Wildman–Crippen MR) is 60.3 cm³/mol. The van der Waals surface area contributed by atoms with E-state index in [9.17, 15) is 18.0 Å². The number of halogens is 3. The van der Waals surface area contributed by atoms with Crippen molar-refractivity contribution in [1.82, 2.24) is 4.98 Å². The summed E-state index contributed by atoms with van der Waals surface area (Å²) in [5, 5.41) is 0. The molecule has 0 aliphatic heterocycles. The maximum absolute atomic E-state index is 12.8. The quantitative estimate of drug-likeness (QED) is 0.612. The molecule has 0 unspecified atom stereocenters. The van der Waals surface area contributed by atoms with Crippen molar-refractivity contribution >= 4 is 5.97 Å². The first kappa shape index (κ1) is 13.4. The molecule has 1 saturated carbocycles. The number of carbonyl (C=O) groups is 1. The molecule has 1 aliphatic carbocycles. The fourth-order valence-electron chi connectivity index (χ4n) is 1.75. The van der Waals surface area contributed by atoms with E-state index in [1.54, 1.807) is 0 Å². The second-order valence-corrected chi connectivity index (χ2v) is 4.34. The number of methoxy groups -OCH3 is 1. The number of carbonyl (C=O) groups excluding carboxylic acids is 1. The summed E-state index contributed by atoms with van der Waals surface area (Å²) in [4.78, 5) is 15.3. The molecule has 1 aromatic rings. The number of hydrogen-bond acceptors (Lipinski definition) is 3. The molecule has 3 nitrogen and oxygen atoms in total. The van der Waals surface area contributed by atoms with Crippen LogP contribution in [0.3, 0.4) is 0 Å². The van der Waals surface area contributed by atoms with Crippen molar-refractivity contribution in [1.29, 1.82) is 0 Å². The lowest BCUT2D eigenvalue weighted by Crippen LogP contribution is -2.16. The molecular formula is C13H10F3NO2.